The van der Waals surface area contributed by atoms with Gasteiger partial charge in [-0.15, -0.1) is 0 Å². The number of halogens is 1. The minimum atomic E-state index is -1.00. The number of benzene rings is 2. The number of carbonyl (C=O) groups is 3. The molecule has 0 radical (unpaired) electrons. The largest absolute Gasteiger partial charge is 0.484 e. The SMILES string of the molecule is CC(=O)N(c1ccc(F)cc1)C(C(=O)NC(C)(C)C)c1ccc(OCC(N)=O)cc1. The van der Waals surface area contributed by atoms with Crippen molar-refractivity contribution in [3.05, 3.63) is 59.9 Å². The Morgan fingerprint density at radius 3 is 2.10 bits per heavy atom. The monoisotopic (exact) mass is 415 g/mol. The maximum absolute atomic E-state index is 13.4. The zero-order chi connectivity index (χ0) is 22.5. The van der Waals surface area contributed by atoms with E-state index >= 15 is 0 Å². The predicted octanol–water partition coefficient (Wildman–Crippen LogP) is 2.70. The Morgan fingerprint density at radius 2 is 1.63 bits per heavy atom. The Morgan fingerprint density at radius 1 is 1.07 bits per heavy atom. The van der Waals surface area contributed by atoms with Gasteiger partial charge in [-0.2, -0.15) is 0 Å². The van der Waals surface area contributed by atoms with Crippen LogP contribution in [-0.2, 0) is 14.4 Å². The highest BCUT2D eigenvalue weighted by atomic mass is 19.1. The van der Waals surface area contributed by atoms with E-state index in [1.165, 1.54) is 36.1 Å². The molecule has 0 saturated carbocycles. The van der Waals surface area contributed by atoms with Crippen LogP contribution in [0.5, 0.6) is 5.75 Å². The van der Waals surface area contributed by atoms with Crippen LogP contribution in [0.25, 0.3) is 0 Å². The molecule has 3 amide bonds. The molecule has 2 aromatic carbocycles. The molecule has 0 aliphatic heterocycles. The zero-order valence-corrected chi connectivity index (χ0v) is 17.4. The molecule has 0 aliphatic rings. The first-order valence-electron chi connectivity index (χ1n) is 9.36. The highest BCUT2D eigenvalue weighted by molar-refractivity contribution is 6.00. The number of nitrogens with zero attached hydrogens (tertiary/aromatic N) is 1. The fourth-order valence-electron chi connectivity index (χ4n) is 2.87. The summed E-state index contributed by atoms with van der Waals surface area (Å²) in [5.41, 5.74) is 5.44. The van der Waals surface area contributed by atoms with Crippen molar-refractivity contribution in [3.63, 3.8) is 0 Å². The fraction of sp³-hybridized carbons (Fsp3) is 0.318. The molecule has 1 unspecified atom stereocenters. The van der Waals surface area contributed by atoms with Crippen LogP contribution in [0.15, 0.2) is 48.5 Å². The van der Waals surface area contributed by atoms with Crippen molar-refractivity contribution in [1.82, 2.24) is 5.32 Å². The van der Waals surface area contributed by atoms with E-state index in [2.05, 4.69) is 5.32 Å². The number of nitrogens with one attached hydrogen (secondary N) is 1. The lowest BCUT2D eigenvalue weighted by molar-refractivity contribution is -0.127. The molecular weight excluding hydrogens is 389 g/mol. The second kappa shape index (κ2) is 9.39. The molecule has 0 bridgehead atoms. The third kappa shape index (κ3) is 6.30. The molecule has 160 valence electrons. The van der Waals surface area contributed by atoms with Gasteiger partial charge in [-0.25, -0.2) is 4.39 Å². The fourth-order valence-corrected chi connectivity index (χ4v) is 2.87. The average Bonchev–Trinajstić information content (AvgIpc) is 2.64. The topological polar surface area (TPSA) is 102 Å². The number of ether oxygens (including phenoxy) is 1. The first-order valence-corrected chi connectivity index (χ1v) is 9.36. The number of anilines is 1. The first-order chi connectivity index (χ1) is 14.0. The smallest absolute Gasteiger partial charge is 0.255 e. The molecule has 0 aromatic heterocycles. The van der Waals surface area contributed by atoms with Gasteiger partial charge in [0.2, 0.25) is 11.8 Å². The van der Waals surface area contributed by atoms with Crippen LogP contribution >= 0.6 is 0 Å². The van der Waals surface area contributed by atoms with Crippen molar-refractivity contribution < 1.29 is 23.5 Å². The van der Waals surface area contributed by atoms with E-state index in [1.54, 1.807) is 24.3 Å². The third-order valence-electron chi connectivity index (χ3n) is 4.03. The molecule has 8 heteroatoms. The summed E-state index contributed by atoms with van der Waals surface area (Å²) in [6.07, 6.45) is 0. The lowest BCUT2D eigenvalue weighted by Crippen LogP contribution is -2.49. The van der Waals surface area contributed by atoms with E-state index in [9.17, 15) is 18.8 Å². The Bertz CT molecular complexity index is 905. The Hall–Kier alpha value is -3.42. The molecule has 2 aromatic rings. The molecule has 1 atom stereocenters. The summed E-state index contributed by atoms with van der Waals surface area (Å²) in [5, 5.41) is 2.89. The Kier molecular flexibility index (Phi) is 7.15. The van der Waals surface area contributed by atoms with E-state index in [4.69, 9.17) is 10.5 Å². The molecule has 7 nitrogen and oxygen atoms in total. The van der Waals surface area contributed by atoms with Gasteiger partial charge in [-0.1, -0.05) is 12.1 Å². The van der Waals surface area contributed by atoms with Crippen LogP contribution in [-0.4, -0.2) is 29.9 Å². The summed E-state index contributed by atoms with van der Waals surface area (Å²) >= 11 is 0. The quantitative estimate of drug-likeness (QED) is 0.726. The summed E-state index contributed by atoms with van der Waals surface area (Å²) in [6, 6.07) is 10.8. The normalized spacial score (nSPS) is 12.0. The number of amides is 3. The summed E-state index contributed by atoms with van der Waals surface area (Å²) in [5.74, 6) is -1.45. The Balaban J connectivity index is 2.47. The number of rotatable bonds is 7. The highest BCUT2D eigenvalue weighted by Crippen LogP contribution is 2.30. The van der Waals surface area contributed by atoms with E-state index in [-0.39, 0.29) is 12.5 Å². The standard InChI is InChI=1S/C22H26FN3O4/c1-14(27)26(17-9-7-16(23)8-10-17)20(21(29)25-22(2,3)4)15-5-11-18(12-6-15)30-13-19(24)28/h5-12,20H,13H2,1-4H3,(H2,24,28)(H,25,29). The van der Waals surface area contributed by atoms with E-state index in [0.29, 0.717) is 17.0 Å². The predicted molar refractivity (Wildman–Crippen MR) is 111 cm³/mol. The van der Waals surface area contributed by atoms with Gasteiger partial charge in [-0.3, -0.25) is 19.3 Å². The molecular formula is C22H26FN3O4. The van der Waals surface area contributed by atoms with E-state index < -0.39 is 29.2 Å². The van der Waals surface area contributed by atoms with E-state index in [1.807, 2.05) is 20.8 Å². The molecule has 30 heavy (non-hydrogen) atoms. The van der Waals surface area contributed by atoms with Crippen LogP contribution in [0.3, 0.4) is 0 Å². The first kappa shape index (κ1) is 22.9. The van der Waals surface area contributed by atoms with Gasteiger partial charge in [0.05, 0.1) is 0 Å². The van der Waals surface area contributed by atoms with Gasteiger partial charge in [0.25, 0.3) is 5.91 Å². The lowest BCUT2D eigenvalue weighted by atomic mass is 10.0. The maximum Gasteiger partial charge on any atom is 0.255 e. The number of hydrogen-bond donors (Lipinski definition) is 2. The third-order valence-corrected chi connectivity index (χ3v) is 4.03. The minimum absolute atomic E-state index is 0.275. The molecule has 0 saturated heterocycles. The molecule has 3 N–H and O–H groups in total. The molecule has 0 fully saturated rings. The molecule has 0 spiro atoms. The van der Waals surface area contributed by atoms with Gasteiger partial charge in [-0.05, 0) is 62.7 Å². The van der Waals surface area contributed by atoms with Gasteiger partial charge in [0.15, 0.2) is 6.61 Å². The van der Waals surface area contributed by atoms with Crippen LogP contribution in [0, 0.1) is 5.82 Å². The van der Waals surface area contributed by atoms with Crippen LogP contribution in [0.4, 0.5) is 10.1 Å². The lowest BCUT2D eigenvalue weighted by Gasteiger charge is -2.33. The average molecular weight is 415 g/mol. The summed E-state index contributed by atoms with van der Waals surface area (Å²) in [7, 11) is 0. The summed E-state index contributed by atoms with van der Waals surface area (Å²) in [6.45, 7) is 6.56. The summed E-state index contributed by atoms with van der Waals surface area (Å²) < 4.78 is 18.7. The van der Waals surface area contributed by atoms with Gasteiger partial charge in [0.1, 0.15) is 17.6 Å². The van der Waals surface area contributed by atoms with Crippen molar-refractivity contribution in [1.29, 1.82) is 0 Å². The second-order valence-corrected chi connectivity index (χ2v) is 7.83. The second-order valence-electron chi connectivity index (χ2n) is 7.83. The number of carbonyl (C=O) groups excluding carboxylic acids is 3. The minimum Gasteiger partial charge on any atom is -0.484 e. The van der Waals surface area contributed by atoms with Crippen LogP contribution in [0.2, 0.25) is 0 Å². The van der Waals surface area contributed by atoms with Crippen LogP contribution < -0.4 is 20.7 Å². The summed E-state index contributed by atoms with van der Waals surface area (Å²) in [4.78, 5) is 37.9. The number of nitrogens with two attached hydrogens (primary N) is 1. The van der Waals surface area contributed by atoms with E-state index in [0.717, 1.165) is 0 Å². The van der Waals surface area contributed by atoms with Crippen molar-refractivity contribution in [2.75, 3.05) is 11.5 Å². The van der Waals surface area contributed by atoms with Crippen molar-refractivity contribution in [3.8, 4) is 5.75 Å². The van der Waals surface area contributed by atoms with Gasteiger partial charge >= 0.3 is 0 Å². The number of hydrogen-bond acceptors (Lipinski definition) is 4. The van der Waals surface area contributed by atoms with Crippen molar-refractivity contribution in [2.45, 2.75) is 39.3 Å². The van der Waals surface area contributed by atoms with Crippen molar-refractivity contribution in [2.24, 2.45) is 5.73 Å². The highest BCUT2D eigenvalue weighted by Gasteiger charge is 2.33. The number of primary amides is 1. The molecule has 0 heterocycles. The van der Waals surface area contributed by atoms with Gasteiger partial charge < -0.3 is 15.8 Å². The molecule has 2 rings (SSSR count). The van der Waals surface area contributed by atoms with Crippen LogP contribution in [0.1, 0.15) is 39.3 Å². The molecule has 0 aliphatic carbocycles. The van der Waals surface area contributed by atoms with Gasteiger partial charge in [0, 0.05) is 18.2 Å². The zero-order valence-electron chi connectivity index (χ0n) is 17.4. The Labute approximate surface area is 175 Å². The van der Waals surface area contributed by atoms with Crippen molar-refractivity contribution >= 4 is 23.4 Å². The maximum atomic E-state index is 13.4.